The molecule has 0 spiro atoms. The van der Waals surface area contributed by atoms with Crippen molar-refractivity contribution in [3.8, 4) is 11.5 Å². The van der Waals surface area contributed by atoms with E-state index < -0.39 is 0 Å². The Morgan fingerprint density at radius 2 is 1.49 bits per heavy atom. The van der Waals surface area contributed by atoms with Crippen molar-refractivity contribution in [2.75, 3.05) is 40.0 Å². The van der Waals surface area contributed by atoms with Gasteiger partial charge < -0.3 is 19.5 Å². The maximum absolute atomic E-state index is 12.3. The molecule has 0 unspecified atom stereocenters. The molecule has 2 rings (SSSR count). The minimum atomic E-state index is -0.276. The molecule has 0 aliphatic carbocycles. The van der Waals surface area contributed by atoms with Crippen LogP contribution in [0.3, 0.4) is 0 Å². The number of carbonyl (C=O) groups is 2. The number of carbonyl (C=O) groups excluding carboxylic acids is 2. The molecule has 1 N–H and O–H groups in total. The molecule has 7 heteroatoms. The number of nitrogens with zero attached hydrogens (tertiary/aromatic N) is 1. The smallest absolute Gasteiger partial charge is 0.311 e. The van der Waals surface area contributed by atoms with Crippen LogP contribution in [-0.4, -0.2) is 56.7 Å². The Labute approximate surface area is 260 Å². The van der Waals surface area contributed by atoms with E-state index in [1.54, 1.807) is 19.2 Å². The van der Waals surface area contributed by atoms with Crippen molar-refractivity contribution in [2.24, 2.45) is 0 Å². The molecule has 1 amide bonds. The Bertz CT molecular complexity index is 1020. The molecule has 7 nitrogen and oxygen atoms in total. The van der Waals surface area contributed by atoms with Crippen LogP contribution in [0.2, 0.25) is 0 Å². The number of ether oxygens (including phenoxy) is 3. The fourth-order valence-corrected chi connectivity index (χ4v) is 4.58. The highest BCUT2D eigenvalue weighted by molar-refractivity contribution is 5.76. The van der Waals surface area contributed by atoms with Crippen LogP contribution in [0, 0.1) is 0 Å². The minimum Gasteiger partial charge on any atom is -0.493 e. The van der Waals surface area contributed by atoms with Crippen molar-refractivity contribution in [1.82, 2.24) is 10.2 Å². The molecule has 0 radical (unpaired) electrons. The lowest BCUT2D eigenvalue weighted by Gasteiger charge is -2.26. The number of hydrogen-bond acceptors (Lipinski definition) is 6. The summed E-state index contributed by atoms with van der Waals surface area (Å²) in [6.07, 6.45) is 28.9. The number of amides is 1. The number of esters is 1. The van der Waals surface area contributed by atoms with E-state index in [2.05, 4.69) is 65.7 Å². The topological polar surface area (TPSA) is 77.1 Å². The Morgan fingerprint density at radius 3 is 2.14 bits per heavy atom. The van der Waals surface area contributed by atoms with Gasteiger partial charge in [0.1, 0.15) is 0 Å². The minimum absolute atomic E-state index is 0.0191. The van der Waals surface area contributed by atoms with Gasteiger partial charge >= 0.3 is 5.97 Å². The van der Waals surface area contributed by atoms with Gasteiger partial charge in [-0.15, -0.1) is 0 Å². The highest BCUT2D eigenvalue weighted by Crippen LogP contribution is 2.28. The molecule has 1 saturated heterocycles. The number of allylic oxidation sites excluding steroid dienone is 8. The van der Waals surface area contributed by atoms with Gasteiger partial charge in [0.05, 0.1) is 20.3 Å². The third-order valence-corrected chi connectivity index (χ3v) is 7.13. The molecular weight excluding hydrogens is 540 g/mol. The van der Waals surface area contributed by atoms with Crippen LogP contribution in [0.25, 0.3) is 0 Å². The average Bonchev–Trinajstić information content (AvgIpc) is 3.02. The number of nitrogens with one attached hydrogen (secondary N) is 1. The number of methoxy groups -OCH3 is 1. The quantitative estimate of drug-likeness (QED) is 0.0649. The summed E-state index contributed by atoms with van der Waals surface area (Å²) in [5, 5.41) is 2.96. The zero-order valence-electron chi connectivity index (χ0n) is 26.6. The Balaban J connectivity index is 1.54. The summed E-state index contributed by atoms with van der Waals surface area (Å²) in [7, 11) is 1.55. The van der Waals surface area contributed by atoms with Gasteiger partial charge in [-0.25, -0.2) is 0 Å². The van der Waals surface area contributed by atoms with Crippen LogP contribution in [0.4, 0.5) is 0 Å². The average molecular weight is 595 g/mol. The molecule has 1 aliphatic rings. The van der Waals surface area contributed by atoms with E-state index in [-0.39, 0.29) is 11.9 Å². The summed E-state index contributed by atoms with van der Waals surface area (Å²) in [6, 6.07) is 5.37. The van der Waals surface area contributed by atoms with Crippen molar-refractivity contribution < 1.29 is 23.8 Å². The van der Waals surface area contributed by atoms with Gasteiger partial charge in [0.2, 0.25) is 5.91 Å². The Morgan fingerprint density at radius 1 is 0.837 bits per heavy atom. The second-order valence-electron chi connectivity index (χ2n) is 10.8. The fourth-order valence-electron chi connectivity index (χ4n) is 4.58. The van der Waals surface area contributed by atoms with Crippen molar-refractivity contribution in [3.05, 3.63) is 72.4 Å². The first kappa shape index (κ1) is 36.0. The Hall–Kier alpha value is -3.16. The Kier molecular flexibility index (Phi) is 20.4. The molecule has 1 aliphatic heterocycles. The third kappa shape index (κ3) is 18.2. The van der Waals surface area contributed by atoms with E-state index in [0.717, 1.165) is 76.9 Å². The first-order valence-corrected chi connectivity index (χ1v) is 16.2. The molecule has 238 valence electrons. The predicted molar refractivity (Wildman–Crippen MR) is 175 cm³/mol. The van der Waals surface area contributed by atoms with Crippen LogP contribution in [0.15, 0.2) is 66.8 Å². The molecule has 0 saturated carbocycles. The van der Waals surface area contributed by atoms with E-state index in [1.807, 2.05) is 6.07 Å². The van der Waals surface area contributed by atoms with E-state index in [1.165, 1.54) is 25.7 Å². The molecule has 1 heterocycles. The molecular formula is C36H54N2O5. The monoisotopic (exact) mass is 594 g/mol. The van der Waals surface area contributed by atoms with Crippen LogP contribution >= 0.6 is 0 Å². The van der Waals surface area contributed by atoms with Crippen LogP contribution < -0.4 is 14.8 Å². The molecule has 0 aromatic heterocycles. The molecule has 1 aromatic carbocycles. The molecule has 1 aromatic rings. The number of hydrogen-bond donors (Lipinski definition) is 1. The third-order valence-electron chi connectivity index (χ3n) is 7.13. The van der Waals surface area contributed by atoms with Crippen molar-refractivity contribution in [1.29, 1.82) is 0 Å². The van der Waals surface area contributed by atoms with Crippen LogP contribution in [-0.2, 0) is 20.9 Å². The standard InChI is InChI=1S/C36H54N2O5/c1-3-4-5-6-7-8-9-10-11-12-13-14-15-16-17-18-19-21-35(39)37-31-32-23-24-33(34(30-32)41-2)43-36(40)22-20-25-38-26-28-42-29-27-38/h7-8,10-11,13-14,16-17,23-24,30H,3-6,9,12,15,18-22,25-29,31H2,1-2H3,(H,37,39)/b8-7-,11-10-,14-13-,17-16-. The van der Waals surface area contributed by atoms with E-state index in [9.17, 15) is 9.59 Å². The number of unbranched alkanes of at least 4 members (excludes halogenated alkanes) is 4. The second-order valence-corrected chi connectivity index (χ2v) is 10.8. The van der Waals surface area contributed by atoms with Crippen molar-refractivity contribution in [2.45, 2.75) is 90.5 Å². The maximum Gasteiger partial charge on any atom is 0.311 e. The van der Waals surface area contributed by atoms with Gasteiger partial charge in [-0.05, 0) is 75.6 Å². The van der Waals surface area contributed by atoms with E-state index >= 15 is 0 Å². The summed E-state index contributed by atoms with van der Waals surface area (Å²) in [5.41, 5.74) is 0.887. The first-order valence-electron chi connectivity index (χ1n) is 16.2. The zero-order valence-corrected chi connectivity index (χ0v) is 26.6. The summed E-state index contributed by atoms with van der Waals surface area (Å²) < 4.78 is 16.3. The van der Waals surface area contributed by atoms with Crippen molar-refractivity contribution >= 4 is 11.9 Å². The largest absolute Gasteiger partial charge is 0.493 e. The summed E-state index contributed by atoms with van der Waals surface area (Å²) in [6.45, 7) is 6.81. The summed E-state index contributed by atoms with van der Waals surface area (Å²) in [5.74, 6) is 0.620. The van der Waals surface area contributed by atoms with Gasteiger partial charge in [-0.3, -0.25) is 14.5 Å². The molecule has 0 atom stereocenters. The molecule has 43 heavy (non-hydrogen) atoms. The van der Waals surface area contributed by atoms with Crippen LogP contribution in [0.5, 0.6) is 11.5 Å². The zero-order chi connectivity index (χ0) is 30.8. The predicted octanol–water partition coefficient (Wildman–Crippen LogP) is 7.47. The van der Waals surface area contributed by atoms with Gasteiger partial charge in [0.25, 0.3) is 0 Å². The van der Waals surface area contributed by atoms with Crippen LogP contribution in [0.1, 0.15) is 89.5 Å². The molecule has 1 fully saturated rings. The number of morpholine rings is 1. The van der Waals surface area contributed by atoms with E-state index in [4.69, 9.17) is 14.2 Å². The summed E-state index contributed by atoms with van der Waals surface area (Å²) in [4.78, 5) is 26.9. The van der Waals surface area contributed by atoms with Gasteiger partial charge in [0, 0.05) is 32.5 Å². The van der Waals surface area contributed by atoms with E-state index in [0.29, 0.717) is 30.9 Å². The van der Waals surface area contributed by atoms with Crippen molar-refractivity contribution in [3.63, 3.8) is 0 Å². The van der Waals surface area contributed by atoms with Gasteiger partial charge in [0.15, 0.2) is 11.5 Å². The second kappa shape index (κ2) is 24.3. The number of rotatable bonds is 22. The fraction of sp³-hybridized carbons (Fsp3) is 0.556. The first-order chi connectivity index (χ1) is 21.1. The normalized spacial score (nSPS) is 14.4. The lowest BCUT2D eigenvalue weighted by atomic mass is 10.1. The lowest BCUT2D eigenvalue weighted by Crippen LogP contribution is -2.37. The SMILES string of the molecule is CCCCC/C=C\C/C=C\C/C=C\C/C=C\CCCC(=O)NCc1ccc(OC(=O)CCCN2CCOCC2)c(OC)c1. The van der Waals surface area contributed by atoms with Gasteiger partial charge in [-0.1, -0.05) is 74.4 Å². The highest BCUT2D eigenvalue weighted by atomic mass is 16.6. The van der Waals surface area contributed by atoms with Gasteiger partial charge in [-0.2, -0.15) is 0 Å². The lowest BCUT2D eigenvalue weighted by molar-refractivity contribution is -0.134. The number of benzene rings is 1. The maximum atomic E-state index is 12.3. The summed E-state index contributed by atoms with van der Waals surface area (Å²) >= 11 is 0. The highest BCUT2D eigenvalue weighted by Gasteiger charge is 2.14. The molecule has 0 bridgehead atoms.